The van der Waals surface area contributed by atoms with Gasteiger partial charge in [0.05, 0.1) is 6.10 Å². The Labute approximate surface area is 152 Å². The second-order valence-corrected chi connectivity index (χ2v) is 9.27. The highest BCUT2D eigenvalue weighted by atomic mass is 16.3. The van der Waals surface area contributed by atoms with Gasteiger partial charge in [0.1, 0.15) is 0 Å². The summed E-state index contributed by atoms with van der Waals surface area (Å²) < 4.78 is 0. The van der Waals surface area contributed by atoms with E-state index in [9.17, 15) is 5.11 Å². The Bertz CT molecular complexity index is 331. The molecule has 0 heterocycles. The van der Waals surface area contributed by atoms with E-state index in [1.54, 1.807) is 0 Å². The molecular weight excluding hydrogens is 292 g/mol. The molecule has 1 N–H and O–H groups in total. The van der Waals surface area contributed by atoms with Gasteiger partial charge in [-0.05, 0) is 68.1 Å². The molecule has 142 valence electrons. The van der Waals surface area contributed by atoms with Gasteiger partial charge in [0.2, 0.25) is 0 Å². The van der Waals surface area contributed by atoms with E-state index in [1.165, 1.54) is 83.5 Å². The fourth-order valence-electron chi connectivity index (χ4n) is 5.80. The van der Waals surface area contributed by atoms with Crippen LogP contribution in [0.5, 0.6) is 0 Å². The summed E-state index contributed by atoms with van der Waals surface area (Å²) >= 11 is 0. The Morgan fingerprint density at radius 2 is 1.58 bits per heavy atom. The van der Waals surface area contributed by atoms with Crippen LogP contribution in [-0.2, 0) is 0 Å². The highest BCUT2D eigenvalue weighted by Gasteiger charge is 2.46. The first-order chi connectivity index (χ1) is 11.6. The van der Waals surface area contributed by atoms with Gasteiger partial charge in [-0.15, -0.1) is 0 Å². The minimum atomic E-state index is -0.0210. The molecule has 0 radical (unpaired) electrons. The van der Waals surface area contributed by atoms with Gasteiger partial charge < -0.3 is 5.11 Å². The highest BCUT2D eigenvalue weighted by Crippen LogP contribution is 2.57. The van der Waals surface area contributed by atoms with Crippen LogP contribution in [0.1, 0.15) is 117 Å². The lowest BCUT2D eigenvalue weighted by Gasteiger charge is -2.53. The van der Waals surface area contributed by atoms with Gasteiger partial charge in [0, 0.05) is 0 Å². The first kappa shape index (κ1) is 20.3. The Hall–Kier alpha value is -0.0400. The molecule has 0 bridgehead atoms. The molecule has 2 aliphatic carbocycles. The molecule has 0 aliphatic heterocycles. The molecule has 2 rings (SSSR count). The van der Waals surface area contributed by atoms with Crippen molar-refractivity contribution < 1.29 is 5.11 Å². The molecular formula is C23H44O. The summed E-state index contributed by atoms with van der Waals surface area (Å²) in [5, 5.41) is 10.4. The third-order valence-corrected chi connectivity index (χ3v) is 7.31. The van der Waals surface area contributed by atoms with Crippen molar-refractivity contribution in [2.45, 2.75) is 123 Å². The number of aliphatic hydroxyl groups excluding tert-OH is 1. The molecule has 3 unspecified atom stereocenters. The van der Waals surface area contributed by atoms with Crippen molar-refractivity contribution in [3.8, 4) is 0 Å². The van der Waals surface area contributed by atoms with Crippen LogP contribution in [0.4, 0.5) is 0 Å². The van der Waals surface area contributed by atoms with Gasteiger partial charge in [-0.25, -0.2) is 0 Å². The molecule has 0 amide bonds. The minimum absolute atomic E-state index is 0.0210. The first-order valence-corrected chi connectivity index (χ1v) is 11.3. The lowest BCUT2D eigenvalue weighted by atomic mass is 9.52. The largest absolute Gasteiger partial charge is 0.393 e. The zero-order valence-corrected chi connectivity index (χ0v) is 16.9. The summed E-state index contributed by atoms with van der Waals surface area (Å²) in [6, 6.07) is 0. The summed E-state index contributed by atoms with van der Waals surface area (Å²) in [5.74, 6) is 2.52. The van der Waals surface area contributed by atoms with Crippen LogP contribution in [0.25, 0.3) is 0 Å². The molecule has 24 heavy (non-hydrogen) atoms. The van der Waals surface area contributed by atoms with Gasteiger partial charge in [0.15, 0.2) is 0 Å². The van der Waals surface area contributed by atoms with Crippen molar-refractivity contribution in [1.29, 1.82) is 0 Å². The average Bonchev–Trinajstić information content (AvgIpc) is 2.56. The van der Waals surface area contributed by atoms with Crippen molar-refractivity contribution in [3.63, 3.8) is 0 Å². The van der Waals surface area contributed by atoms with E-state index >= 15 is 0 Å². The Balaban J connectivity index is 1.82. The van der Waals surface area contributed by atoms with Crippen molar-refractivity contribution in [3.05, 3.63) is 0 Å². The van der Waals surface area contributed by atoms with E-state index < -0.39 is 0 Å². The van der Waals surface area contributed by atoms with Gasteiger partial charge in [0.25, 0.3) is 0 Å². The van der Waals surface area contributed by atoms with E-state index in [0.29, 0.717) is 11.3 Å². The zero-order chi connectivity index (χ0) is 17.4. The molecule has 1 heteroatoms. The second kappa shape index (κ2) is 10.2. The van der Waals surface area contributed by atoms with Crippen LogP contribution < -0.4 is 0 Å². The number of hydrogen-bond acceptors (Lipinski definition) is 1. The monoisotopic (exact) mass is 336 g/mol. The summed E-state index contributed by atoms with van der Waals surface area (Å²) in [6.45, 7) is 6.87. The number of aliphatic hydroxyl groups is 1. The predicted octanol–water partition coefficient (Wildman–Crippen LogP) is 7.12. The normalized spacial score (nSPS) is 34.8. The van der Waals surface area contributed by atoms with Crippen molar-refractivity contribution in [1.82, 2.24) is 0 Å². The molecule has 0 aromatic carbocycles. The maximum atomic E-state index is 10.4. The SMILES string of the molecule is CCCCCC1(CCCC)CC(C2CCCC(C(O)CCC)C2)C1. The van der Waals surface area contributed by atoms with Gasteiger partial charge in [-0.2, -0.15) is 0 Å². The molecule has 2 aliphatic rings. The van der Waals surface area contributed by atoms with E-state index in [2.05, 4.69) is 20.8 Å². The van der Waals surface area contributed by atoms with E-state index in [1.807, 2.05) is 0 Å². The fourth-order valence-corrected chi connectivity index (χ4v) is 5.80. The second-order valence-electron chi connectivity index (χ2n) is 9.27. The summed E-state index contributed by atoms with van der Waals surface area (Å²) in [5.41, 5.74) is 0.713. The summed E-state index contributed by atoms with van der Waals surface area (Å²) in [4.78, 5) is 0. The van der Waals surface area contributed by atoms with Crippen LogP contribution in [0.2, 0.25) is 0 Å². The molecule has 1 nitrogen and oxygen atoms in total. The molecule has 2 saturated carbocycles. The van der Waals surface area contributed by atoms with Crippen LogP contribution in [0.15, 0.2) is 0 Å². The Morgan fingerprint density at radius 3 is 2.25 bits per heavy atom. The quantitative estimate of drug-likeness (QED) is 0.398. The van der Waals surface area contributed by atoms with Gasteiger partial charge in [-0.1, -0.05) is 72.1 Å². The number of rotatable bonds is 11. The van der Waals surface area contributed by atoms with Gasteiger partial charge >= 0.3 is 0 Å². The Kier molecular flexibility index (Phi) is 8.61. The number of hydrogen-bond donors (Lipinski definition) is 1. The zero-order valence-electron chi connectivity index (χ0n) is 16.9. The van der Waals surface area contributed by atoms with Crippen LogP contribution in [0, 0.1) is 23.2 Å². The number of unbranched alkanes of at least 4 members (excludes halogenated alkanes) is 3. The minimum Gasteiger partial charge on any atom is -0.393 e. The molecule has 2 fully saturated rings. The van der Waals surface area contributed by atoms with Crippen molar-refractivity contribution in [2.75, 3.05) is 0 Å². The van der Waals surface area contributed by atoms with Crippen LogP contribution >= 0.6 is 0 Å². The van der Waals surface area contributed by atoms with Crippen molar-refractivity contribution in [2.24, 2.45) is 23.2 Å². The molecule has 3 atom stereocenters. The lowest BCUT2D eigenvalue weighted by Crippen LogP contribution is -2.43. The lowest BCUT2D eigenvalue weighted by molar-refractivity contribution is -0.0327. The topological polar surface area (TPSA) is 20.2 Å². The fraction of sp³-hybridized carbons (Fsp3) is 1.00. The van der Waals surface area contributed by atoms with Crippen LogP contribution in [-0.4, -0.2) is 11.2 Å². The molecule has 0 aromatic rings. The third-order valence-electron chi connectivity index (χ3n) is 7.31. The van der Waals surface area contributed by atoms with E-state index in [0.717, 1.165) is 24.7 Å². The molecule has 0 aromatic heterocycles. The third kappa shape index (κ3) is 5.48. The Morgan fingerprint density at radius 1 is 0.875 bits per heavy atom. The molecule has 0 saturated heterocycles. The van der Waals surface area contributed by atoms with E-state index in [-0.39, 0.29) is 6.10 Å². The van der Waals surface area contributed by atoms with E-state index in [4.69, 9.17) is 0 Å². The maximum Gasteiger partial charge on any atom is 0.0568 e. The summed E-state index contributed by atoms with van der Waals surface area (Å²) in [7, 11) is 0. The predicted molar refractivity (Wildman–Crippen MR) is 105 cm³/mol. The highest BCUT2D eigenvalue weighted by molar-refractivity contribution is 4.97. The first-order valence-electron chi connectivity index (χ1n) is 11.3. The van der Waals surface area contributed by atoms with Crippen molar-refractivity contribution >= 4 is 0 Å². The smallest absolute Gasteiger partial charge is 0.0568 e. The molecule has 0 spiro atoms. The standard InChI is InChI=1S/C23H44O/c1-4-7-9-15-23(14-8-5-2)17-21(18-23)19-12-10-13-20(16-19)22(24)11-6-3/h19-22,24H,4-18H2,1-3H3. The summed E-state index contributed by atoms with van der Waals surface area (Å²) in [6.07, 6.45) is 20.6. The maximum absolute atomic E-state index is 10.4. The van der Waals surface area contributed by atoms with Crippen LogP contribution in [0.3, 0.4) is 0 Å². The average molecular weight is 337 g/mol. The van der Waals surface area contributed by atoms with Gasteiger partial charge in [-0.3, -0.25) is 0 Å².